The summed E-state index contributed by atoms with van der Waals surface area (Å²) in [6, 6.07) is 7.59. The Labute approximate surface area is 316 Å². The Morgan fingerprint density at radius 1 is 1.02 bits per heavy atom. The van der Waals surface area contributed by atoms with Gasteiger partial charge in [0, 0.05) is 42.0 Å². The summed E-state index contributed by atoms with van der Waals surface area (Å²) in [7, 11) is -8.52. The van der Waals surface area contributed by atoms with E-state index in [2.05, 4.69) is 26.3 Å². The molecule has 1 aromatic heterocycles. The molecule has 0 spiro atoms. The predicted octanol–water partition coefficient (Wildman–Crippen LogP) is 0.186. The molecule has 0 aliphatic carbocycles. The van der Waals surface area contributed by atoms with E-state index in [4.69, 9.17) is 5.73 Å². The second kappa shape index (κ2) is 16.8. The zero-order valence-electron chi connectivity index (χ0n) is 30.1. The van der Waals surface area contributed by atoms with Crippen LogP contribution >= 0.6 is 7.60 Å². The monoisotopic (exact) mass is 801 g/mol. The average molecular weight is 802 g/mol. The Kier molecular flexibility index (Phi) is 12.6. The predicted molar refractivity (Wildman–Crippen MR) is 198 cm³/mol. The molecule has 0 radical (unpaired) electrons. The fraction of sp³-hybridized carbons (Fsp3) is 0.429. The number of sulfone groups is 1. The van der Waals surface area contributed by atoms with Gasteiger partial charge in [0.1, 0.15) is 23.8 Å². The van der Waals surface area contributed by atoms with Gasteiger partial charge in [-0.3, -0.25) is 33.3 Å². The number of nitrogens with one attached hydrogen (secondary N) is 5. The van der Waals surface area contributed by atoms with Crippen molar-refractivity contribution in [2.24, 2.45) is 5.73 Å². The van der Waals surface area contributed by atoms with Gasteiger partial charge in [-0.2, -0.15) is 0 Å². The number of benzene rings is 2. The molecule has 2 aromatic carbocycles. The Balaban J connectivity index is 1.27. The molecule has 1 unspecified atom stereocenters. The first-order valence-electron chi connectivity index (χ1n) is 17.6. The molecule has 20 heteroatoms. The highest BCUT2D eigenvalue weighted by molar-refractivity contribution is 7.92. The van der Waals surface area contributed by atoms with E-state index < -0.39 is 75.9 Å². The van der Waals surface area contributed by atoms with Crippen molar-refractivity contribution < 1.29 is 51.5 Å². The van der Waals surface area contributed by atoms with E-state index in [1.807, 2.05) is 0 Å². The minimum atomic E-state index is -5.03. The smallest absolute Gasteiger partial charge is 0.370 e. The van der Waals surface area contributed by atoms with E-state index in [1.54, 1.807) is 26.0 Å². The number of carbonyl (C=O) groups is 6. The first-order chi connectivity index (χ1) is 25.9. The number of fused-ring (bicyclic) bond motifs is 2. The van der Waals surface area contributed by atoms with Crippen LogP contribution in [0.2, 0.25) is 0 Å². The third-order valence-corrected chi connectivity index (χ3v) is 12.7. The van der Waals surface area contributed by atoms with Crippen molar-refractivity contribution in [3.8, 4) is 0 Å². The van der Waals surface area contributed by atoms with Crippen molar-refractivity contribution in [1.82, 2.24) is 31.2 Å². The van der Waals surface area contributed by atoms with Gasteiger partial charge in [0.2, 0.25) is 23.6 Å². The molecule has 3 heterocycles. The quantitative estimate of drug-likeness (QED) is 0.101. The Hall–Kier alpha value is -4.94. The number of carbonyl (C=O) groups excluding carboxylic acids is 6. The summed E-state index contributed by atoms with van der Waals surface area (Å²) in [4.78, 5) is 101. The van der Waals surface area contributed by atoms with Crippen molar-refractivity contribution in [3.63, 3.8) is 0 Å². The number of nitrogens with two attached hydrogens (primary N) is 1. The SMILES string of the molecule is CC(C)S(=O)(=O)c1ccc(CNC(=O)[C@H](CCC(N)=O)NC(=O)[C@@H]2CC[C@@H]3CCNCC(NC(=O)c4cc5cc(C(=O)P(=O)(O)O)ccc5[nH]4)C(=O)N32)cc1. The number of hydrogen-bond acceptors (Lipinski definition) is 10. The molecule has 4 atom stereocenters. The van der Waals surface area contributed by atoms with Gasteiger partial charge in [-0.25, -0.2) is 8.42 Å². The van der Waals surface area contributed by atoms with Gasteiger partial charge >= 0.3 is 7.60 Å². The molecule has 2 fully saturated rings. The second-order valence-corrected chi connectivity index (χ2v) is 17.9. The lowest BCUT2D eigenvalue weighted by molar-refractivity contribution is -0.143. The number of rotatable bonds is 14. The molecule has 0 saturated carbocycles. The van der Waals surface area contributed by atoms with Crippen LogP contribution in [0.15, 0.2) is 53.4 Å². The lowest BCUT2D eigenvalue weighted by Gasteiger charge is -2.35. The first kappa shape index (κ1) is 41.2. The van der Waals surface area contributed by atoms with Crippen LogP contribution < -0.4 is 27.0 Å². The topological polar surface area (TPSA) is 287 Å². The maximum atomic E-state index is 14.1. The van der Waals surface area contributed by atoms with E-state index >= 15 is 0 Å². The van der Waals surface area contributed by atoms with Crippen LogP contribution in [0.3, 0.4) is 0 Å². The molecule has 5 rings (SSSR count). The normalized spacial score (nSPS) is 19.6. The van der Waals surface area contributed by atoms with Crippen molar-refractivity contribution in [2.75, 3.05) is 13.1 Å². The van der Waals surface area contributed by atoms with Gasteiger partial charge < -0.3 is 46.7 Å². The van der Waals surface area contributed by atoms with Crippen LogP contribution in [0.25, 0.3) is 10.9 Å². The third-order valence-electron chi connectivity index (χ3n) is 9.69. The minimum absolute atomic E-state index is 0.00265. The highest BCUT2D eigenvalue weighted by Crippen LogP contribution is 2.39. The van der Waals surface area contributed by atoms with E-state index in [9.17, 15) is 51.5 Å². The molecule has 55 heavy (non-hydrogen) atoms. The summed E-state index contributed by atoms with van der Waals surface area (Å²) < 4.78 is 36.4. The zero-order chi connectivity index (χ0) is 40.2. The Morgan fingerprint density at radius 2 is 1.73 bits per heavy atom. The Morgan fingerprint density at radius 3 is 2.38 bits per heavy atom. The van der Waals surface area contributed by atoms with Crippen LogP contribution in [0.4, 0.5) is 0 Å². The maximum Gasteiger partial charge on any atom is 0.396 e. The molecule has 3 aromatic rings. The number of hydrogen-bond donors (Lipinski definition) is 8. The number of amides is 5. The van der Waals surface area contributed by atoms with Gasteiger partial charge in [-0.1, -0.05) is 12.1 Å². The molecule has 2 saturated heterocycles. The lowest BCUT2D eigenvalue weighted by atomic mass is 10.1. The summed E-state index contributed by atoms with van der Waals surface area (Å²) in [5, 5.41) is 10.9. The van der Waals surface area contributed by atoms with Crippen LogP contribution in [-0.2, 0) is 40.1 Å². The number of H-pyrrole nitrogens is 1. The molecular weight excluding hydrogens is 757 g/mol. The minimum Gasteiger partial charge on any atom is -0.370 e. The zero-order valence-corrected chi connectivity index (χ0v) is 31.8. The van der Waals surface area contributed by atoms with Crippen LogP contribution in [-0.4, -0.2) is 106 Å². The summed E-state index contributed by atoms with van der Waals surface area (Å²) in [5.74, 6) is -3.15. The number of primary amides is 1. The van der Waals surface area contributed by atoms with E-state index in [-0.39, 0.29) is 54.5 Å². The second-order valence-electron chi connectivity index (χ2n) is 13.9. The van der Waals surface area contributed by atoms with Gasteiger partial charge in [0.15, 0.2) is 9.84 Å². The van der Waals surface area contributed by atoms with E-state index in [0.717, 1.165) is 0 Å². The van der Waals surface area contributed by atoms with Crippen molar-refractivity contribution in [3.05, 3.63) is 65.4 Å². The Bertz CT molecular complexity index is 2150. The van der Waals surface area contributed by atoms with Gasteiger partial charge in [0.05, 0.1) is 10.1 Å². The van der Waals surface area contributed by atoms with Gasteiger partial charge in [0.25, 0.3) is 11.4 Å². The van der Waals surface area contributed by atoms with Crippen LogP contribution in [0, 0.1) is 0 Å². The number of aromatic nitrogens is 1. The molecule has 0 bridgehead atoms. The largest absolute Gasteiger partial charge is 0.396 e. The molecule has 18 nitrogen and oxygen atoms in total. The number of nitrogens with zero attached hydrogens (tertiary/aromatic N) is 1. The first-order valence-corrected chi connectivity index (χ1v) is 20.8. The summed E-state index contributed by atoms with van der Waals surface area (Å²) in [6.07, 6.45) is 0.938. The van der Waals surface area contributed by atoms with Crippen molar-refractivity contribution in [1.29, 1.82) is 0 Å². The summed E-state index contributed by atoms with van der Waals surface area (Å²) >= 11 is 0. The molecule has 296 valence electrons. The molecule has 2 aliphatic heterocycles. The van der Waals surface area contributed by atoms with Crippen molar-refractivity contribution >= 4 is 63.4 Å². The van der Waals surface area contributed by atoms with Crippen LogP contribution in [0.5, 0.6) is 0 Å². The lowest BCUT2D eigenvalue weighted by Crippen LogP contribution is -2.61. The van der Waals surface area contributed by atoms with E-state index in [0.29, 0.717) is 35.9 Å². The molecule has 2 aliphatic rings. The molecule has 9 N–H and O–H groups in total. The fourth-order valence-electron chi connectivity index (χ4n) is 6.65. The highest BCUT2D eigenvalue weighted by Gasteiger charge is 2.44. The van der Waals surface area contributed by atoms with E-state index in [1.165, 1.54) is 41.3 Å². The summed E-state index contributed by atoms with van der Waals surface area (Å²) in [6.45, 7) is 3.66. The standard InChI is InChI=1S/C35H44N7O11PS/c1-19(2)55(52,53)24-7-3-20(4-8-24)17-38-31(44)26(10-12-30(36)43)40-33(46)29-11-6-23-13-14-37-18-28(34(47)42(23)29)41-32(45)27-16-22-15-21(5-9-25(22)39-27)35(48)54(49,50)51/h3-5,7-9,15-16,19,23,26,28-29,37,39H,6,10-14,17-18H2,1-2H3,(H2,36,43)(H,38,44)(H,40,46)(H,41,45)(H2,49,50,51)/t23-,26+,28?,29+/m1/s1. The highest BCUT2D eigenvalue weighted by atomic mass is 32.2. The van der Waals surface area contributed by atoms with Gasteiger partial charge in [-0.05, 0) is 88.0 Å². The van der Waals surface area contributed by atoms with Crippen molar-refractivity contribution in [2.45, 2.75) is 86.8 Å². The van der Waals surface area contributed by atoms with Crippen LogP contribution in [0.1, 0.15) is 72.4 Å². The van der Waals surface area contributed by atoms with Gasteiger partial charge in [-0.15, -0.1) is 0 Å². The fourth-order valence-corrected chi connectivity index (χ4v) is 8.18. The third kappa shape index (κ3) is 9.66. The summed E-state index contributed by atoms with van der Waals surface area (Å²) in [5.41, 5.74) is 4.75. The average Bonchev–Trinajstić information content (AvgIpc) is 3.76. The number of aromatic amines is 1. The molecule has 5 amide bonds. The maximum absolute atomic E-state index is 14.1. The molecular formula is C35H44N7O11PS.